The lowest BCUT2D eigenvalue weighted by Crippen LogP contribution is -2.28. The molecule has 1 fully saturated rings. The summed E-state index contributed by atoms with van der Waals surface area (Å²) < 4.78 is 22.6. The molecule has 94 valence electrons. The maximum atomic E-state index is 11.3. The molecule has 0 bridgehead atoms. The maximum Gasteiger partial charge on any atom is 0.175 e. The lowest BCUT2D eigenvalue weighted by atomic mass is 10.1. The van der Waals surface area contributed by atoms with E-state index in [0.29, 0.717) is 10.9 Å². The van der Waals surface area contributed by atoms with Gasteiger partial charge in [-0.25, -0.2) is 8.42 Å². The van der Waals surface area contributed by atoms with Gasteiger partial charge in [0.25, 0.3) is 0 Å². The average Bonchev–Trinajstić information content (AvgIpc) is 3.09. The van der Waals surface area contributed by atoms with Crippen LogP contribution in [0.15, 0.2) is 29.2 Å². The molecule has 1 aromatic rings. The Morgan fingerprint density at radius 3 is 2.41 bits per heavy atom. The Labute approximate surface area is 102 Å². The van der Waals surface area contributed by atoms with Crippen LogP contribution in [-0.2, 0) is 9.84 Å². The molecule has 0 saturated heterocycles. The molecule has 0 spiro atoms. The van der Waals surface area contributed by atoms with Crippen molar-refractivity contribution in [2.45, 2.75) is 29.8 Å². The first-order valence-corrected chi connectivity index (χ1v) is 7.65. The number of nitrogens with two attached hydrogens (primary N) is 1. The van der Waals surface area contributed by atoms with Crippen LogP contribution in [0.1, 0.15) is 24.4 Å². The summed E-state index contributed by atoms with van der Waals surface area (Å²) >= 11 is 0. The Morgan fingerprint density at radius 2 is 1.94 bits per heavy atom. The van der Waals surface area contributed by atoms with Gasteiger partial charge in [-0.15, -0.1) is 0 Å². The molecule has 0 amide bonds. The fraction of sp³-hybridized carbons (Fsp3) is 0.500. The Bertz CT molecular complexity index is 478. The van der Waals surface area contributed by atoms with E-state index in [2.05, 4.69) is 5.32 Å². The molecule has 0 aromatic heterocycles. The predicted molar refractivity (Wildman–Crippen MR) is 67.5 cm³/mol. The van der Waals surface area contributed by atoms with Crippen molar-refractivity contribution < 1.29 is 8.42 Å². The molecule has 17 heavy (non-hydrogen) atoms. The molecule has 1 atom stereocenters. The van der Waals surface area contributed by atoms with Crippen LogP contribution in [0, 0.1) is 0 Å². The van der Waals surface area contributed by atoms with Gasteiger partial charge in [-0.05, 0) is 30.5 Å². The minimum atomic E-state index is -3.12. The third-order valence-corrected chi connectivity index (χ3v) is 4.07. The number of rotatable bonds is 5. The molecule has 2 rings (SSSR count). The highest BCUT2D eigenvalue weighted by atomic mass is 32.2. The molecular weight excluding hydrogens is 236 g/mol. The zero-order chi connectivity index (χ0) is 12.5. The van der Waals surface area contributed by atoms with E-state index >= 15 is 0 Å². The van der Waals surface area contributed by atoms with Crippen LogP contribution in [0.3, 0.4) is 0 Å². The van der Waals surface area contributed by atoms with Crippen LogP contribution in [0.4, 0.5) is 0 Å². The Balaban J connectivity index is 2.00. The SMILES string of the molecule is CS(=O)(=O)c1ccc(C(N)CNC2CC2)cc1. The summed E-state index contributed by atoms with van der Waals surface area (Å²) in [5.74, 6) is 0. The third kappa shape index (κ3) is 3.52. The first kappa shape index (κ1) is 12.5. The second kappa shape index (κ2) is 4.76. The Morgan fingerprint density at radius 1 is 1.35 bits per heavy atom. The predicted octanol–water partition coefficient (Wildman–Crippen LogP) is 0.842. The lowest BCUT2D eigenvalue weighted by Gasteiger charge is -2.13. The molecule has 1 aliphatic rings. The summed E-state index contributed by atoms with van der Waals surface area (Å²) in [7, 11) is -3.12. The van der Waals surface area contributed by atoms with Gasteiger partial charge in [-0.1, -0.05) is 12.1 Å². The fourth-order valence-corrected chi connectivity index (χ4v) is 2.29. The van der Waals surface area contributed by atoms with Crippen molar-refractivity contribution in [3.05, 3.63) is 29.8 Å². The van der Waals surface area contributed by atoms with Gasteiger partial charge < -0.3 is 11.1 Å². The second-order valence-corrected chi connectivity index (χ2v) is 6.65. The van der Waals surface area contributed by atoms with Crippen LogP contribution in [-0.4, -0.2) is 27.3 Å². The average molecular weight is 254 g/mol. The normalized spacial score (nSPS) is 18.0. The van der Waals surface area contributed by atoms with E-state index in [1.807, 2.05) is 0 Å². The summed E-state index contributed by atoms with van der Waals surface area (Å²) in [4.78, 5) is 0.337. The van der Waals surface area contributed by atoms with E-state index in [4.69, 9.17) is 5.73 Å². The van der Waals surface area contributed by atoms with Gasteiger partial charge >= 0.3 is 0 Å². The third-order valence-electron chi connectivity index (χ3n) is 2.94. The van der Waals surface area contributed by atoms with Gasteiger partial charge in [0.15, 0.2) is 9.84 Å². The number of sulfone groups is 1. The summed E-state index contributed by atoms with van der Waals surface area (Å²) in [5.41, 5.74) is 6.98. The molecule has 4 nitrogen and oxygen atoms in total. The number of benzene rings is 1. The van der Waals surface area contributed by atoms with Crippen LogP contribution >= 0.6 is 0 Å². The van der Waals surface area contributed by atoms with Crippen LogP contribution < -0.4 is 11.1 Å². The van der Waals surface area contributed by atoms with E-state index in [0.717, 1.165) is 12.1 Å². The largest absolute Gasteiger partial charge is 0.323 e. The van der Waals surface area contributed by atoms with Crippen molar-refractivity contribution >= 4 is 9.84 Å². The Hall–Kier alpha value is -0.910. The first-order valence-electron chi connectivity index (χ1n) is 5.76. The topological polar surface area (TPSA) is 72.2 Å². The highest BCUT2D eigenvalue weighted by Gasteiger charge is 2.21. The summed E-state index contributed by atoms with van der Waals surface area (Å²) in [6.45, 7) is 0.739. The van der Waals surface area contributed by atoms with Crippen LogP contribution in [0.25, 0.3) is 0 Å². The Kier molecular flexibility index (Phi) is 3.51. The lowest BCUT2D eigenvalue weighted by molar-refractivity contribution is 0.593. The van der Waals surface area contributed by atoms with E-state index in [1.165, 1.54) is 19.1 Å². The molecule has 0 radical (unpaired) electrons. The summed E-state index contributed by atoms with van der Waals surface area (Å²) in [6, 6.07) is 7.36. The van der Waals surface area contributed by atoms with Gasteiger partial charge in [-0.3, -0.25) is 0 Å². The smallest absolute Gasteiger partial charge is 0.175 e. The van der Waals surface area contributed by atoms with Gasteiger partial charge in [-0.2, -0.15) is 0 Å². The standard InChI is InChI=1S/C12H18N2O2S/c1-17(15,16)11-6-2-9(3-7-11)12(13)8-14-10-4-5-10/h2-3,6-7,10,12,14H,4-5,8,13H2,1H3. The summed E-state index contributed by atoms with van der Waals surface area (Å²) in [5, 5.41) is 3.36. The fourth-order valence-electron chi connectivity index (χ4n) is 1.66. The molecule has 1 saturated carbocycles. The van der Waals surface area contributed by atoms with Crippen molar-refractivity contribution in [3.63, 3.8) is 0 Å². The number of nitrogens with one attached hydrogen (secondary N) is 1. The monoisotopic (exact) mass is 254 g/mol. The second-order valence-electron chi connectivity index (χ2n) is 4.63. The van der Waals surface area contributed by atoms with Gasteiger partial charge in [0.1, 0.15) is 0 Å². The van der Waals surface area contributed by atoms with Gasteiger partial charge in [0, 0.05) is 24.9 Å². The molecule has 1 aliphatic carbocycles. The van der Waals surface area contributed by atoms with E-state index in [9.17, 15) is 8.42 Å². The van der Waals surface area contributed by atoms with Crippen LogP contribution in [0.5, 0.6) is 0 Å². The van der Waals surface area contributed by atoms with Gasteiger partial charge in [0.2, 0.25) is 0 Å². The highest BCUT2D eigenvalue weighted by Crippen LogP contribution is 2.20. The molecule has 3 N–H and O–H groups in total. The maximum absolute atomic E-state index is 11.3. The molecule has 5 heteroatoms. The first-order chi connectivity index (χ1) is 7.97. The minimum Gasteiger partial charge on any atom is -0.323 e. The van der Waals surface area contributed by atoms with Crippen molar-refractivity contribution in [2.24, 2.45) is 5.73 Å². The van der Waals surface area contributed by atoms with E-state index in [-0.39, 0.29) is 6.04 Å². The van der Waals surface area contributed by atoms with Crippen molar-refractivity contribution in [1.29, 1.82) is 0 Å². The molecule has 0 aliphatic heterocycles. The zero-order valence-corrected chi connectivity index (χ0v) is 10.7. The molecule has 1 unspecified atom stereocenters. The van der Waals surface area contributed by atoms with Crippen molar-refractivity contribution in [3.8, 4) is 0 Å². The number of hydrogen-bond acceptors (Lipinski definition) is 4. The molecular formula is C12H18N2O2S. The van der Waals surface area contributed by atoms with E-state index < -0.39 is 9.84 Å². The quantitative estimate of drug-likeness (QED) is 0.817. The summed E-state index contributed by atoms with van der Waals surface area (Å²) in [6.07, 6.45) is 3.68. The van der Waals surface area contributed by atoms with Gasteiger partial charge in [0.05, 0.1) is 4.90 Å². The zero-order valence-electron chi connectivity index (χ0n) is 9.89. The van der Waals surface area contributed by atoms with E-state index in [1.54, 1.807) is 24.3 Å². The van der Waals surface area contributed by atoms with Crippen molar-refractivity contribution in [2.75, 3.05) is 12.8 Å². The van der Waals surface area contributed by atoms with Crippen molar-refractivity contribution in [1.82, 2.24) is 5.32 Å². The number of hydrogen-bond donors (Lipinski definition) is 2. The van der Waals surface area contributed by atoms with Crippen LogP contribution in [0.2, 0.25) is 0 Å². The molecule has 0 heterocycles. The molecule has 1 aromatic carbocycles. The highest BCUT2D eigenvalue weighted by molar-refractivity contribution is 7.90. The minimum absolute atomic E-state index is 0.0794.